The van der Waals surface area contributed by atoms with Crippen molar-refractivity contribution in [1.82, 2.24) is 10.2 Å². The Morgan fingerprint density at radius 3 is 2.29 bits per heavy atom. The van der Waals surface area contributed by atoms with Crippen LogP contribution in [0, 0.1) is 6.92 Å². The van der Waals surface area contributed by atoms with Gasteiger partial charge in [0.2, 0.25) is 11.8 Å². The van der Waals surface area contributed by atoms with E-state index in [1.54, 1.807) is 4.90 Å². The third-order valence-corrected chi connectivity index (χ3v) is 5.24. The summed E-state index contributed by atoms with van der Waals surface area (Å²) < 4.78 is 0. The molecule has 0 heterocycles. The SMILES string of the molecule is CCC(C)NC(=O)C(C)N(Cc1ccccc1C)C(=O)CCc1ccccc1. The van der Waals surface area contributed by atoms with Gasteiger partial charge in [-0.3, -0.25) is 9.59 Å². The predicted octanol–water partition coefficient (Wildman–Crippen LogP) is 4.26. The number of carbonyl (C=O) groups is 2. The van der Waals surface area contributed by atoms with Gasteiger partial charge in [0.25, 0.3) is 0 Å². The number of hydrogen-bond donors (Lipinski definition) is 1. The molecule has 0 spiro atoms. The summed E-state index contributed by atoms with van der Waals surface area (Å²) in [5, 5.41) is 3.01. The molecule has 0 saturated heterocycles. The molecule has 150 valence electrons. The highest BCUT2D eigenvalue weighted by Crippen LogP contribution is 2.16. The van der Waals surface area contributed by atoms with Crippen LogP contribution in [0.15, 0.2) is 54.6 Å². The Morgan fingerprint density at radius 2 is 1.64 bits per heavy atom. The van der Waals surface area contributed by atoms with E-state index in [9.17, 15) is 9.59 Å². The van der Waals surface area contributed by atoms with E-state index in [0.29, 0.717) is 19.4 Å². The van der Waals surface area contributed by atoms with Crippen LogP contribution in [-0.2, 0) is 22.6 Å². The lowest BCUT2D eigenvalue weighted by Gasteiger charge is -2.30. The van der Waals surface area contributed by atoms with Crippen molar-refractivity contribution in [3.8, 4) is 0 Å². The number of benzene rings is 2. The van der Waals surface area contributed by atoms with Gasteiger partial charge in [-0.1, -0.05) is 61.5 Å². The maximum Gasteiger partial charge on any atom is 0.242 e. The van der Waals surface area contributed by atoms with Crippen molar-refractivity contribution in [3.63, 3.8) is 0 Å². The minimum Gasteiger partial charge on any atom is -0.352 e. The third-order valence-electron chi connectivity index (χ3n) is 5.24. The number of rotatable bonds is 9. The lowest BCUT2D eigenvalue weighted by Crippen LogP contribution is -2.49. The fourth-order valence-corrected chi connectivity index (χ4v) is 3.06. The van der Waals surface area contributed by atoms with Gasteiger partial charge in [0.1, 0.15) is 6.04 Å². The number of hydrogen-bond acceptors (Lipinski definition) is 2. The summed E-state index contributed by atoms with van der Waals surface area (Å²) in [5.74, 6) is -0.102. The van der Waals surface area contributed by atoms with E-state index < -0.39 is 6.04 Å². The first-order valence-electron chi connectivity index (χ1n) is 10.1. The van der Waals surface area contributed by atoms with Gasteiger partial charge in [-0.25, -0.2) is 0 Å². The topological polar surface area (TPSA) is 49.4 Å². The van der Waals surface area contributed by atoms with E-state index in [0.717, 1.165) is 23.1 Å². The van der Waals surface area contributed by atoms with E-state index in [1.165, 1.54) is 0 Å². The number of nitrogens with zero attached hydrogens (tertiary/aromatic N) is 1. The zero-order chi connectivity index (χ0) is 20.5. The summed E-state index contributed by atoms with van der Waals surface area (Å²) in [5.41, 5.74) is 3.32. The van der Waals surface area contributed by atoms with Gasteiger partial charge < -0.3 is 10.2 Å². The van der Waals surface area contributed by atoms with Crippen molar-refractivity contribution in [2.24, 2.45) is 0 Å². The summed E-state index contributed by atoms with van der Waals surface area (Å²) >= 11 is 0. The molecule has 2 amide bonds. The molecule has 0 aliphatic rings. The molecule has 0 fully saturated rings. The molecule has 2 aromatic rings. The van der Waals surface area contributed by atoms with Crippen LogP contribution in [0.3, 0.4) is 0 Å². The highest BCUT2D eigenvalue weighted by Gasteiger charge is 2.26. The molecule has 2 rings (SSSR count). The van der Waals surface area contributed by atoms with Gasteiger partial charge in [0.15, 0.2) is 0 Å². The van der Waals surface area contributed by atoms with Crippen molar-refractivity contribution < 1.29 is 9.59 Å². The van der Waals surface area contributed by atoms with Crippen LogP contribution in [0.25, 0.3) is 0 Å². The van der Waals surface area contributed by atoms with Gasteiger partial charge in [0, 0.05) is 19.0 Å². The molecule has 2 unspecified atom stereocenters. The predicted molar refractivity (Wildman–Crippen MR) is 114 cm³/mol. The van der Waals surface area contributed by atoms with Gasteiger partial charge in [0.05, 0.1) is 0 Å². The monoisotopic (exact) mass is 380 g/mol. The van der Waals surface area contributed by atoms with E-state index in [4.69, 9.17) is 0 Å². The van der Waals surface area contributed by atoms with Gasteiger partial charge in [-0.2, -0.15) is 0 Å². The van der Waals surface area contributed by atoms with Crippen molar-refractivity contribution in [2.75, 3.05) is 0 Å². The van der Waals surface area contributed by atoms with Crippen molar-refractivity contribution in [3.05, 3.63) is 71.3 Å². The summed E-state index contributed by atoms with van der Waals surface area (Å²) in [7, 11) is 0. The van der Waals surface area contributed by atoms with Crippen LogP contribution < -0.4 is 5.32 Å². The molecule has 0 aliphatic heterocycles. The zero-order valence-corrected chi connectivity index (χ0v) is 17.4. The minimum atomic E-state index is -0.517. The number of aryl methyl sites for hydroxylation is 2. The van der Waals surface area contributed by atoms with Crippen LogP contribution in [0.5, 0.6) is 0 Å². The van der Waals surface area contributed by atoms with Crippen LogP contribution in [0.1, 0.15) is 50.3 Å². The number of carbonyl (C=O) groups excluding carboxylic acids is 2. The smallest absolute Gasteiger partial charge is 0.242 e. The van der Waals surface area contributed by atoms with E-state index in [-0.39, 0.29) is 17.9 Å². The Bertz CT molecular complexity index is 773. The molecule has 4 nitrogen and oxygen atoms in total. The highest BCUT2D eigenvalue weighted by molar-refractivity contribution is 5.87. The first kappa shape index (κ1) is 21.7. The molecule has 0 aromatic heterocycles. The number of amides is 2. The molecule has 1 N–H and O–H groups in total. The second kappa shape index (κ2) is 10.6. The van der Waals surface area contributed by atoms with E-state index in [1.807, 2.05) is 82.3 Å². The van der Waals surface area contributed by atoms with Crippen LogP contribution in [-0.4, -0.2) is 28.8 Å². The average molecular weight is 381 g/mol. The molecule has 2 aromatic carbocycles. The van der Waals surface area contributed by atoms with Crippen molar-refractivity contribution in [2.45, 2.75) is 65.6 Å². The lowest BCUT2D eigenvalue weighted by atomic mass is 10.1. The molecule has 0 radical (unpaired) electrons. The normalized spacial score (nSPS) is 12.9. The fourth-order valence-electron chi connectivity index (χ4n) is 3.06. The molecule has 28 heavy (non-hydrogen) atoms. The highest BCUT2D eigenvalue weighted by atomic mass is 16.2. The maximum absolute atomic E-state index is 13.1. The number of nitrogens with one attached hydrogen (secondary N) is 1. The summed E-state index contributed by atoms with van der Waals surface area (Å²) in [6, 6.07) is 17.6. The Labute approximate surface area is 169 Å². The van der Waals surface area contributed by atoms with Gasteiger partial charge in [-0.15, -0.1) is 0 Å². The Kier molecular flexibility index (Phi) is 8.24. The molecule has 0 aliphatic carbocycles. The molecule has 4 heteroatoms. The summed E-state index contributed by atoms with van der Waals surface area (Å²) in [6.07, 6.45) is 1.92. The molecule has 0 saturated carbocycles. The minimum absolute atomic E-state index is 0.00101. The van der Waals surface area contributed by atoms with Crippen LogP contribution in [0.2, 0.25) is 0 Å². The Balaban J connectivity index is 2.15. The standard InChI is InChI=1S/C24H32N2O2/c1-5-19(3)25-24(28)20(4)26(17-22-14-10-9-11-18(22)2)23(27)16-15-21-12-7-6-8-13-21/h6-14,19-20H,5,15-17H2,1-4H3,(H,25,28). The third kappa shape index (κ3) is 6.22. The van der Waals surface area contributed by atoms with Gasteiger partial charge in [-0.05, 0) is 50.3 Å². The molecular formula is C24H32N2O2. The van der Waals surface area contributed by atoms with Crippen molar-refractivity contribution in [1.29, 1.82) is 0 Å². The first-order chi connectivity index (χ1) is 13.4. The molecule has 2 atom stereocenters. The molecular weight excluding hydrogens is 348 g/mol. The van der Waals surface area contributed by atoms with Crippen LogP contribution in [0.4, 0.5) is 0 Å². The maximum atomic E-state index is 13.1. The summed E-state index contributed by atoms with van der Waals surface area (Å²) in [6.45, 7) is 8.30. The largest absolute Gasteiger partial charge is 0.352 e. The zero-order valence-electron chi connectivity index (χ0n) is 17.4. The quantitative estimate of drug-likeness (QED) is 0.707. The second-order valence-electron chi connectivity index (χ2n) is 7.43. The molecule has 0 bridgehead atoms. The lowest BCUT2D eigenvalue weighted by molar-refractivity contribution is -0.140. The summed E-state index contributed by atoms with van der Waals surface area (Å²) in [4.78, 5) is 27.5. The van der Waals surface area contributed by atoms with Crippen molar-refractivity contribution >= 4 is 11.8 Å². The van der Waals surface area contributed by atoms with E-state index in [2.05, 4.69) is 5.32 Å². The fraction of sp³-hybridized carbons (Fsp3) is 0.417. The average Bonchev–Trinajstić information content (AvgIpc) is 2.71. The Hall–Kier alpha value is -2.62. The second-order valence-corrected chi connectivity index (χ2v) is 7.43. The van der Waals surface area contributed by atoms with E-state index >= 15 is 0 Å². The Morgan fingerprint density at radius 1 is 1.00 bits per heavy atom. The van der Waals surface area contributed by atoms with Gasteiger partial charge >= 0.3 is 0 Å². The first-order valence-corrected chi connectivity index (χ1v) is 10.1. The van der Waals surface area contributed by atoms with Crippen LogP contribution >= 0.6 is 0 Å².